The van der Waals surface area contributed by atoms with Crippen molar-refractivity contribution in [2.45, 2.75) is 46.2 Å². The minimum absolute atomic E-state index is 0.0845. The van der Waals surface area contributed by atoms with Crippen molar-refractivity contribution in [2.75, 3.05) is 0 Å². The molecule has 1 heterocycles. The number of aromatic nitrogens is 3. The van der Waals surface area contributed by atoms with Crippen molar-refractivity contribution in [2.24, 2.45) is 0 Å². The van der Waals surface area contributed by atoms with Crippen molar-refractivity contribution in [3.05, 3.63) is 41.7 Å². The Morgan fingerprint density at radius 3 is 2.42 bits per heavy atom. The average Bonchev–Trinajstić information content (AvgIpc) is 2.84. The maximum atomic E-state index is 4.17. The van der Waals surface area contributed by atoms with Crippen LogP contribution in [0.2, 0.25) is 0 Å². The molecule has 1 aromatic heterocycles. The van der Waals surface area contributed by atoms with E-state index in [0.717, 1.165) is 24.3 Å². The summed E-state index contributed by atoms with van der Waals surface area (Å²) in [6.07, 6.45) is 2.86. The maximum Gasteiger partial charge on any atom is 0.0783 e. The van der Waals surface area contributed by atoms with E-state index in [1.165, 1.54) is 5.56 Å². The number of nitrogens with one attached hydrogen (secondary N) is 1. The molecule has 4 heteroatoms. The molecule has 1 N–H and O–H groups in total. The Morgan fingerprint density at radius 2 is 1.84 bits per heavy atom. The summed E-state index contributed by atoms with van der Waals surface area (Å²) in [7, 11) is 0. The highest BCUT2D eigenvalue weighted by Crippen LogP contribution is 2.12. The van der Waals surface area contributed by atoms with Gasteiger partial charge in [0.1, 0.15) is 0 Å². The largest absolute Gasteiger partial charge is 0.306 e. The molecule has 0 atom stereocenters. The highest BCUT2D eigenvalue weighted by atomic mass is 15.4. The third-order valence-corrected chi connectivity index (χ3v) is 3.01. The number of nitrogens with zero attached hydrogens (tertiary/aromatic N) is 3. The quantitative estimate of drug-likeness (QED) is 0.917. The van der Waals surface area contributed by atoms with Crippen LogP contribution in [0.25, 0.3) is 5.69 Å². The number of benzene rings is 1. The molecule has 0 fully saturated rings. The molecule has 102 valence electrons. The fraction of sp³-hybridized carbons (Fsp3) is 0.467. The summed E-state index contributed by atoms with van der Waals surface area (Å²) in [5.41, 5.74) is 3.54. The molecule has 0 saturated heterocycles. The van der Waals surface area contributed by atoms with Gasteiger partial charge in [0, 0.05) is 12.1 Å². The zero-order chi connectivity index (χ0) is 13.9. The van der Waals surface area contributed by atoms with Gasteiger partial charge in [-0.2, -0.15) is 0 Å². The molecule has 0 bridgehead atoms. The smallest absolute Gasteiger partial charge is 0.0783 e. The molecule has 2 aromatic rings. The Kier molecular flexibility index (Phi) is 4.00. The Balaban J connectivity index is 2.18. The minimum Gasteiger partial charge on any atom is -0.306 e. The van der Waals surface area contributed by atoms with E-state index in [9.17, 15) is 0 Å². The van der Waals surface area contributed by atoms with Crippen molar-refractivity contribution in [3.8, 4) is 5.69 Å². The van der Waals surface area contributed by atoms with Gasteiger partial charge in [-0.05, 0) is 44.9 Å². The first-order valence-electron chi connectivity index (χ1n) is 6.73. The highest BCUT2D eigenvalue weighted by Gasteiger charge is 2.12. The molecule has 0 aliphatic carbocycles. The number of hydrogen-bond donors (Lipinski definition) is 1. The van der Waals surface area contributed by atoms with E-state index in [1.807, 2.05) is 10.9 Å². The fourth-order valence-electron chi connectivity index (χ4n) is 1.82. The summed E-state index contributed by atoms with van der Waals surface area (Å²) in [5, 5.41) is 11.6. The van der Waals surface area contributed by atoms with E-state index in [1.54, 1.807) is 0 Å². The third kappa shape index (κ3) is 3.64. The van der Waals surface area contributed by atoms with Gasteiger partial charge in [0.15, 0.2) is 0 Å². The van der Waals surface area contributed by atoms with E-state index in [4.69, 9.17) is 0 Å². The number of rotatable bonds is 4. The van der Waals surface area contributed by atoms with Crippen LogP contribution < -0.4 is 5.32 Å². The van der Waals surface area contributed by atoms with Crippen LogP contribution in [-0.2, 0) is 13.0 Å². The second-order valence-electron chi connectivity index (χ2n) is 5.76. The lowest BCUT2D eigenvalue weighted by molar-refractivity contribution is 0.418. The van der Waals surface area contributed by atoms with E-state index >= 15 is 0 Å². The van der Waals surface area contributed by atoms with E-state index in [0.29, 0.717) is 0 Å². The van der Waals surface area contributed by atoms with Gasteiger partial charge in [-0.1, -0.05) is 24.3 Å². The van der Waals surface area contributed by atoms with Gasteiger partial charge in [0.25, 0.3) is 0 Å². The Morgan fingerprint density at radius 1 is 1.16 bits per heavy atom. The molecule has 19 heavy (non-hydrogen) atoms. The van der Waals surface area contributed by atoms with Crippen LogP contribution in [0.3, 0.4) is 0 Å². The van der Waals surface area contributed by atoms with Gasteiger partial charge in [-0.15, -0.1) is 5.10 Å². The third-order valence-electron chi connectivity index (χ3n) is 3.01. The second kappa shape index (κ2) is 5.53. The Hall–Kier alpha value is -1.68. The fourth-order valence-corrected chi connectivity index (χ4v) is 1.82. The van der Waals surface area contributed by atoms with Crippen LogP contribution in [0.4, 0.5) is 0 Å². The zero-order valence-electron chi connectivity index (χ0n) is 12.1. The molecule has 0 spiro atoms. The van der Waals surface area contributed by atoms with Gasteiger partial charge in [0.05, 0.1) is 17.6 Å². The molecule has 2 rings (SSSR count). The summed E-state index contributed by atoms with van der Waals surface area (Å²) in [6.45, 7) is 9.36. The lowest BCUT2D eigenvalue weighted by Gasteiger charge is -2.20. The molecule has 0 amide bonds. The molecule has 1 aromatic carbocycles. The minimum atomic E-state index is 0.0845. The van der Waals surface area contributed by atoms with Crippen LogP contribution in [0.1, 0.15) is 39.0 Å². The zero-order valence-corrected chi connectivity index (χ0v) is 12.1. The average molecular weight is 258 g/mol. The molecule has 0 aliphatic heterocycles. The predicted octanol–water partition coefficient (Wildman–Crippen LogP) is 2.72. The van der Waals surface area contributed by atoms with Crippen molar-refractivity contribution >= 4 is 0 Å². The molecule has 4 nitrogen and oxygen atoms in total. The van der Waals surface area contributed by atoms with Gasteiger partial charge < -0.3 is 5.32 Å². The highest BCUT2D eigenvalue weighted by molar-refractivity contribution is 5.34. The van der Waals surface area contributed by atoms with Crippen LogP contribution >= 0.6 is 0 Å². The van der Waals surface area contributed by atoms with E-state index in [-0.39, 0.29) is 5.54 Å². The monoisotopic (exact) mass is 258 g/mol. The van der Waals surface area contributed by atoms with Gasteiger partial charge in [-0.25, -0.2) is 4.68 Å². The first kappa shape index (κ1) is 13.7. The first-order valence-corrected chi connectivity index (χ1v) is 6.73. The number of hydrogen-bond acceptors (Lipinski definition) is 3. The SMILES string of the molecule is CCc1ccc(-n2nncc2CNC(C)(C)C)cc1. The topological polar surface area (TPSA) is 42.7 Å². The van der Waals surface area contributed by atoms with Crippen LogP contribution in [0, 0.1) is 0 Å². The molecule has 0 unspecified atom stereocenters. The lowest BCUT2D eigenvalue weighted by Crippen LogP contribution is -2.35. The van der Waals surface area contributed by atoms with Crippen LogP contribution in [-0.4, -0.2) is 20.5 Å². The molecular formula is C15H22N4. The van der Waals surface area contributed by atoms with Crippen molar-refractivity contribution < 1.29 is 0 Å². The summed E-state index contributed by atoms with van der Waals surface area (Å²) >= 11 is 0. The molecule has 0 aliphatic rings. The molecule has 0 saturated carbocycles. The Labute approximate surface area is 114 Å². The van der Waals surface area contributed by atoms with Gasteiger partial charge >= 0.3 is 0 Å². The van der Waals surface area contributed by atoms with Gasteiger partial charge in [0.2, 0.25) is 0 Å². The normalized spacial score (nSPS) is 11.8. The maximum absolute atomic E-state index is 4.17. The van der Waals surface area contributed by atoms with Crippen molar-refractivity contribution in [1.29, 1.82) is 0 Å². The van der Waals surface area contributed by atoms with E-state index < -0.39 is 0 Å². The molecular weight excluding hydrogens is 236 g/mol. The summed E-state index contributed by atoms with van der Waals surface area (Å²) in [5.74, 6) is 0. The summed E-state index contributed by atoms with van der Waals surface area (Å²) in [6, 6.07) is 8.46. The lowest BCUT2D eigenvalue weighted by atomic mass is 10.1. The van der Waals surface area contributed by atoms with Crippen molar-refractivity contribution in [3.63, 3.8) is 0 Å². The van der Waals surface area contributed by atoms with Crippen LogP contribution in [0.15, 0.2) is 30.5 Å². The summed E-state index contributed by atoms with van der Waals surface area (Å²) in [4.78, 5) is 0. The summed E-state index contributed by atoms with van der Waals surface area (Å²) < 4.78 is 1.89. The van der Waals surface area contributed by atoms with Crippen molar-refractivity contribution in [1.82, 2.24) is 20.3 Å². The standard InChI is InChI=1S/C15H22N4/c1-5-12-6-8-13(9-7-12)19-14(11-17-18-19)10-16-15(2,3)4/h6-9,11,16H,5,10H2,1-4H3. The Bertz CT molecular complexity index is 520. The van der Waals surface area contributed by atoms with Crippen LogP contribution in [0.5, 0.6) is 0 Å². The second-order valence-corrected chi connectivity index (χ2v) is 5.76. The first-order chi connectivity index (χ1) is 8.99. The van der Waals surface area contributed by atoms with Gasteiger partial charge in [-0.3, -0.25) is 0 Å². The number of aryl methyl sites for hydroxylation is 1. The molecule has 0 radical (unpaired) electrons. The predicted molar refractivity (Wildman–Crippen MR) is 77.3 cm³/mol. The van der Waals surface area contributed by atoms with E-state index in [2.05, 4.69) is 67.6 Å².